The molecule has 0 bridgehead atoms. The first kappa shape index (κ1) is 10.6. The van der Waals surface area contributed by atoms with Crippen molar-refractivity contribution in [2.45, 2.75) is 13.1 Å². The van der Waals surface area contributed by atoms with Crippen LogP contribution in [-0.2, 0) is 7.05 Å². The average molecular weight is 239 g/mol. The Morgan fingerprint density at radius 2 is 1.59 bits per heavy atom. The van der Waals surface area contributed by atoms with E-state index in [-0.39, 0.29) is 0 Å². The molecular formula is C15H17NSi. The van der Waals surface area contributed by atoms with Crippen LogP contribution in [0.4, 0.5) is 0 Å². The van der Waals surface area contributed by atoms with Gasteiger partial charge in [0.15, 0.2) is 0 Å². The lowest BCUT2D eigenvalue weighted by molar-refractivity contribution is 1.01. The minimum absolute atomic E-state index is 0.717. The summed E-state index contributed by atoms with van der Waals surface area (Å²) in [5, 5.41) is 4.33. The number of hydrogen-bond acceptors (Lipinski definition) is 0. The van der Waals surface area contributed by atoms with Crippen molar-refractivity contribution in [1.29, 1.82) is 0 Å². The van der Waals surface area contributed by atoms with Crippen molar-refractivity contribution in [2.75, 3.05) is 0 Å². The van der Waals surface area contributed by atoms with E-state index >= 15 is 0 Å². The summed E-state index contributed by atoms with van der Waals surface area (Å²) in [5.41, 5.74) is 2.66. The van der Waals surface area contributed by atoms with E-state index in [4.69, 9.17) is 0 Å². The van der Waals surface area contributed by atoms with Gasteiger partial charge in [-0.3, -0.25) is 0 Å². The van der Waals surface area contributed by atoms with Gasteiger partial charge in [0.1, 0.15) is 0 Å². The smallest absolute Gasteiger partial charge is 0.0647 e. The molecule has 1 nitrogen and oxygen atoms in total. The van der Waals surface area contributed by atoms with Gasteiger partial charge in [0.2, 0.25) is 0 Å². The van der Waals surface area contributed by atoms with Gasteiger partial charge in [-0.15, -0.1) is 0 Å². The molecule has 1 aromatic heterocycles. The third-order valence-electron chi connectivity index (χ3n) is 3.60. The number of hydrogen-bond donors (Lipinski definition) is 0. The monoisotopic (exact) mass is 239 g/mol. The van der Waals surface area contributed by atoms with Crippen LogP contribution in [0.25, 0.3) is 21.8 Å². The van der Waals surface area contributed by atoms with Crippen molar-refractivity contribution in [2.24, 2.45) is 7.05 Å². The summed E-state index contributed by atoms with van der Waals surface area (Å²) in [6, 6.07) is 15.6. The fraction of sp³-hybridized carbons (Fsp3) is 0.200. The lowest BCUT2D eigenvalue weighted by Crippen LogP contribution is -2.21. The molecule has 0 amide bonds. The molecule has 1 heterocycles. The van der Waals surface area contributed by atoms with Gasteiger partial charge in [0.25, 0.3) is 0 Å². The van der Waals surface area contributed by atoms with E-state index in [1.54, 1.807) is 5.19 Å². The highest BCUT2D eigenvalue weighted by molar-refractivity contribution is 6.71. The van der Waals surface area contributed by atoms with Crippen molar-refractivity contribution in [3.05, 3.63) is 42.5 Å². The van der Waals surface area contributed by atoms with Crippen LogP contribution in [-0.4, -0.2) is 13.4 Å². The summed E-state index contributed by atoms with van der Waals surface area (Å²) in [6.07, 6.45) is 0. The standard InChI is InChI=1S/C15H17NSi/c1-16-14-7-5-4-6-12(14)13-10-11(17(2)3)8-9-15(13)16/h4-10,17H,1-3H3. The van der Waals surface area contributed by atoms with Crippen LogP contribution in [0.5, 0.6) is 0 Å². The zero-order valence-corrected chi connectivity index (χ0v) is 11.7. The third-order valence-corrected chi connectivity index (χ3v) is 5.30. The molecule has 0 unspecified atom stereocenters. The lowest BCUT2D eigenvalue weighted by atomic mass is 10.1. The summed E-state index contributed by atoms with van der Waals surface area (Å²) in [5.74, 6) is 0. The molecule has 2 heteroatoms. The largest absolute Gasteiger partial charge is 0.344 e. The Kier molecular flexibility index (Phi) is 2.33. The molecule has 2 aromatic carbocycles. The molecule has 0 saturated carbocycles. The zero-order valence-electron chi connectivity index (χ0n) is 10.6. The Labute approximate surface area is 103 Å². The van der Waals surface area contributed by atoms with Crippen LogP contribution in [0.2, 0.25) is 13.1 Å². The predicted molar refractivity (Wildman–Crippen MR) is 78.9 cm³/mol. The molecule has 0 spiro atoms. The van der Waals surface area contributed by atoms with E-state index in [1.165, 1.54) is 21.8 Å². The Morgan fingerprint density at radius 1 is 0.882 bits per heavy atom. The van der Waals surface area contributed by atoms with Crippen molar-refractivity contribution in [1.82, 2.24) is 4.57 Å². The molecule has 86 valence electrons. The molecule has 0 aliphatic carbocycles. The highest BCUT2D eigenvalue weighted by Crippen LogP contribution is 2.26. The number of rotatable bonds is 1. The van der Waals surface area contributed by atoms with E-state index in [1.807, 2.05) is 0 Å². The SMILES string of the molecule is Cn1c2ccccc2c2cc([SiH](C)C)ccc21. The lowest BCUT2D eigenvalue weighted by Gasteiger charge is -2.04. The molecular weight excluding hydrogens is 222 g/mol. The normalized spacial score (nSPS) is 11.8. The topological polar surface area (TPSA) is 4.93 Å². The van der Waals surface area contributed by atoms with Crippen molar-refractivity contribution >= 4 is 35.8 Å². The fourth-order valence-electron chi connectivity index (χ4n) is 2.54. The van der Waals surface area contributed by atoms with E-state index < -0.39 is 8.80 Å². The van der Waals surface area contributed by atoms with Crippen molar-refractivity contribution < 1.29 is 0 Å². The number of para-hydroxylation sites is 1. The van der Waals surface area contributed by atoms with Gasteiger partial charge in [-0.25, -0.2) is 0 Å². The van der Waals surface area contributed by atoms with E-state index in [0.29, 0.717) is 0 Å². The molecule has 0 aliphatic rings. The maximum absolute atomic E-state index is 2.40. The van der Waals surface area contributed by atoms with Crippen LogP contribution in [0, 0.1) is 0 Å². The number of fused-ring (bicyclic) bond motifs is 3. The molecule has 3 rings (SSSR count). The zero-order chi connectivity index (χ0) is 12.0. The highest BCUT2D eigenvalue weighted by Gasteiger charge is 2.09. The number of aromatic nitrogens is 1. The average Bonchev–Trinajstić information content (AvgIpc) is 2.64. The van der Waals surface area contributed by atoms with Gasteiger partial charge < -0.3 is 4.57 Å². The maximum atomic E-state index is 2.40. The summed E-state index contributed by atoms with van der Waals surface area (Å²) >= 11 is 0. The predicted octanol–water partition coefficient (Wildman–Crippen LogP) is 3.03. The third kappa shape index (κ3) is 1.52. The van der Waals surface area contributed by atoms with Crippen LogP contribution in [0.3, 0.4) is 0 Å². The maximum Gasteiger partial charge on any atom is 0.0647 e. The van der Waals surface area contributed by atoms with Gasteiger partial charge >= 0.3 is 0 Å². The Morgan fingerprint density at radius 3 is 2.35 bits per heavy atom. The molecule has 0 aliphatic heterocycles. The van der Waals surface area contributed by atoms with E-state index in [0.717, 1.165) is 0 Å². The minimum atomic E-state index is -0.717. The first-order valence-corrected chi connectivity index (χ1v) is 9.04. The van der Waals surface area contributed by atoms with Crippen LogP contribution in [0.15, 0.2) is 42.5 Å². The first-order chi connectivity index (χ1) is 8.18. The van der Waals surface area contributed by atoms with Crippen molar-refractivity contribution in [3.8, 4) is 0 Å². The van der Waals surface area contributed by atoms with Gasteiger partial charge in [0, 0.05) is 28.9 Å². The molecule has 3 aromatic rings. The van der Waals surface area contributed by atoms with Gasteiger partial charge in [-0.1, -0.05) is 48.6 Å². The second kappa shape index (κ2) is 3.74. The molecule has 0 atom stereocenters. The minimum Gasteiger partial charge on any atom is -0.344 e. The molecule has 0 fully saturated rings. The first-order valence-electron chi connectivity index (χ1n) is 6.15. The Balaban J connectivity index is 2.46. The van der Waals surface area contributed by atoms with Crippen LogP contribution < -0.4 is 5.19 Å². The summed E-state index contributed by atoms with van der Waals surface area (Å²) in [6.45, 7) is 4.76. The molecule has 0 N–H and O–H groups in total. The number of nitrogens with zero attached hydrogens (tertiary/aromatic N) is 1. The van der Waals surface area contributed by atoms with Gasteiger partial charge in [0.05, 0.1) is 8.80 Å². The van der Waals surface area contributed by atoms with Crippen LogP contribution >= 0.6 is 0 Å². The van der Waals surface area contributed by atoms with E-state index in [9.17, 15) is 0 Å². The van der Waals surface area contributed by atoms with Gasteiger partial charge in [-0.05, 0) is 12.1 Å². The second-order valence-corrected chi connectivity index (χ2v) is 7.98. The summed E-state index contributed by atoms with van der Waals surface area (Å²) in [4.78, 5) is 0. The highest BCUT2D eigenvalue weighted by atomic mass is 28.3. The number of benzene rings is 2. The van der Waals surface area contributed by atoms with Crippen molar-refractivity contribution in [3.63, 3.8) is 0 Å². The van der Waals surface area contributed by atoms with E-state index in [2.05, 4.69) is 67.2 Å². The summed E-state index contributed by atoms with van der Waals surface area (Å²) in [7, 11) is 1.43. The van der Waals surface area contributed by atoms with Crippen LogP contribution in [0.1, 0.15) is 0 Å². The second-order valence-electron chi connectivity index (χ2n) is 5.01. The Hall–Kier alpha value is -1.54. The van der Waals surface area contributed by atoms with Gasteiger partial charge in [-0.2, -0.15) is 0 Å². The molecule has 0 radical (unpaired) electrons. The molecule has 17 heavy (non-hydrogen) atoms. The summed E-state index contributed by atoms with van der Waals surface area (Å²) < 4.78 is 2.29. The molecule has 0 saturated heterocycles. The number of aryl methyl sites for hydroxylation is 1. The fourth-order valence-corrected chi connectivity index (χ4v) is 3.53. The quantitative estimate of drug-likeness (QED) is 0.575. The Bertz CT molecular complexity index is 695.